The van der Waals surface area contributed by atoms with Crippen LogP contribution in [0.15, 0.2) is 113 Å². The van der Waals surface area contributed by atoms with Crippen molar-refractivity contribution in [2.75, 3.05) is 11.9 Å². The summed E-state index contributed by atoms with van der Waals surface area (Å²) in [6.07, 6.45) is 0. The highest BCUT2D eigenvalue weighted by Gasteiger charge is 2.42. The number of hydrogen-bond acceptors (Lipinski definition) is 7. The van der Waals surface area contributed by atoms with E-state index >= 15 is 0 Å². The molecule has 13 heteroatoms. The number of sulfonamides is 1. The van der Waals surface area contributed by atoms with Gasteiger partial charge in [0.1, 0.15) is 11.5 Å². The number of nitrogens with zero attached hydrogens (tertiary/aromatic N) is 3. The largest absolute Gasteiger partial charge is 0.456 e. The molecule has 1 atom stereocenters. The van der Waals surface area contributed by atoms with Gasteiger partial charge in [-0.3, -0.25) is 10.1 Å². The SMILES string of the molecule is Cc1ccc(P(C=C2N(C)c3ccccc3C2(C)C)(=NS(=O)(=O)c2ccc([N+](=O)[O-])cc2)Oc2ccc(Br)cc2Br)o1. The van der Waals surface area contributed by atoms with Crippen molar-refractivity contribution in [1.29, 1.82) is 0 Å². The molecule has 0 fully saturated rings. The molecule has 1 aliphatic rings. The Bertz CT molecular complexity index is 1900. The lowest BCUT2D eigenvalue weighted by atomic mass is 9.84. The van der Waals surface area contributed by atoms with Gasteiger partial charge in [-0.25, -0.2) is 0 Å². The average Bonchev–Trinajstić information content (AvgIpc) is 3.46. The third-order valence-electron chi connectivity index (χ3n) is 6.99. The Labute approximate surface area is 260 Å². The zero-order valence-corrected chi connectivity index (χ0v) is 27.9. The summed E-state index contributed by atoms with van der Waals surface area (Å²) in [7, 11) is -6.22. The lowest BCUT2D eigenvalue weighted by Crippen LogP contribution is -2.24. The molecule has 0 saturated heterocycles. The fraction of sp³-hybridized carbons (Fsp3) is 0.172. The van der Waals surface area contributed by atoms with Crippen molar-refractivity contribution in [2.24, 2.45) is 4.15 Å². The first kappa shape index (κ1) is 30.3. The van der Waals surface area contributed by atoms with Crippen LogP contribution < -0.4 is 14.9 Å². The minimum absolute atomic E-state index is 0.208. The van der Waals surface area contributed by atoms with Gasteiger partial charge in [0, 0.05) is 46.3 Å². The van der Waals surface area contributed by atoms with Crippen LogP contribution in [0.4, 0.5) is 11.4 Å². The van der Waals surface area contributed by atoms with E-state index in [4.69, 9.17) is 8.94 Å². The van der Waals surface area contributed by atoms with Crippen LogP contribution in [0.25, 0.3) is 0 Å². The van der Waals surface area contributed by atoms with Crippen molar-refractivity contribution in [1.82, 2.24) is 0 Å². The Morgan fingerprint density at radius 3 is 2.33 bits per heavy atom. The first-order chi connectivity index (χ1) is 19.7. The maximum atomic E-state index is 14.0. The number of rotatable bonds is 7. The zero-order valence-electron chi connectivity index (χ0n) is 23.0. The van der Waals surface area contributed by atoms with Gasteiger partial charge in [-0.1, -0.05) is 48.0 Å². The molecule has 0 spiro atoms. The van der Waals surface area contributed by atoms with Crippen molar-refractivity contribution in [3.05, 3.63) is 121 Å². The van der Waals surface area contributed by atoms with Crippen LogP contribution in [0, 0.1) is 17.0 Å². The van der Waals surface area contributed by atoms with E-state index in [1.54, 1.807) is 43.1 Å². The molecule has 1 aliphatic heterocycles. The standard InChI is InChI=1S/C29H26Br2N3O6PS/c1-19-9-16-28(39-19)41(40-26-15-10-20(30)17-24(26)31,32-42(37,38)22-13-11-21(12-14-22)34(35)36)18-27-29(2,3)23-7-5-6-8-25(23)33(27)4/h5-18H,1-4H3. The fourth-order valence-corrected chi connectivity index (χ4v) is 11.0. The van der Waals surface area contributed by atoms with E-state index in [1.807, 2.05) is 36.2 Å². The number of furan rings is 1. The number of hydrogen-bond donors (Lipinski definition) is 0. The van der Waals surface area contributed by atoms with Crippen molar-refractivity contribution < 1.29 is 22.3 Å². The maximum Gasteiger partial charge on any atom is 0.284 e. The topological polar surface area (TPSA) is 115 Å². The normalized spacial score (nSPS) is 16.6. The molecule has 4 aromatic rings. The van der Waals surface area contributed by atoms with Gasteiger partial charge in [0.05, 0.1) is 14.3 Å². The number of benzene rings is 3. The lowest BCUT2D eigenvalue weighted by Gasteiger charge is -2.28. The molecule has 0 amide bonds. The number of likely N-dealkylation sites (N-methyl/N-ethyl adjacent to an activating group) is 1. The molecular weight excluding hydrogens is 709 g/mol. The van der Waals surface area contributed by atoms with E-state index in [2.05, 4.69) is 49.9 Å². The van der Waals surface area contributed by atoms with Gasteiger partial charge in [0.15, 0.2) is 5.50 Å². The minimum atomic E-state index is -4.43. The summed E-state index contributed by atoms with van der Waals surface area (Å²) < 4.78 is 46.6. The van der Waals surface area contributed by atoms with Crippen LogP contribution in [0.1, 0.15) is 25.2 Å². The van der Waals surface area contributed by atoms with E-state index in [0.29, 0.717) is 16.0 Å². The molecular formula is C29H26Br2N3O6PS. The van der Waals surface area contributed by atoms with Crippen LogP contribution in [0.2, 0.25) is 0 Å². The van der Waals surface area contributed by atoms with Gasteiger partial charge >= 0.3 is 0 Å². The Morgan fingerprint density at radius 2 is 1.74 bits per heavy atom. The molecule has 1 unspecified atom stereocenters. The smallest absolute Gasteiger partial charge is 0.284 e. The summed E-state index contributed by atoms with van der Waals surface area (Å²) >= 11 is 6.99. The quantitative estimate of drug-likeness (QED) is 0.106. The van der Waals surface area contributed by atoms with Crippen LogP contribution in [0.5, 0.6) is 5.75 Å². The van der Waals surface area contributed by atoms with Crippen molar-refractivity contribution in [3.8, 4) is 5.75 Å². The summed E-state index contributed by atoms with van der Waals surface area (Å²) in [6, 6.07) is 21.3. The molecule has 2 heterocycles. The number of non-ortho nitro benzene ring substituents is 1. The molecule has 42 heavy (non-hydrogen) atoms. The number of nitro benzene ring substituents is 1. The van der Waals surface area contributed by atoms with E-state index in [-0.39, 0.29) is 16.1 Å². The predicted molar refractivity (Wildman–Crippen MR) is 171 cm³/mol. The van der Waals surface area contributed by atoms with Gasteiger partial charge in [0.25, 0.3) is 15.7 Å². The van der Waals surface area contributed by atoms with Crippen LogP contribution in [-0.2, 0) is 15.4 Å². The van der Waals surface area contributed by atoms with Crippen molar-refractivity contribution in [3.63, 3.8) is 0 Å². The molecule has 0 radical (unpaired) electrons. The second kappa shape index (κ2) is 11.1. The Hall–Kier alpha value is -3.18. The second-order valence-electron chi connectivity index (χ2n) is 10.2. The summed E-state index contributed by atoms with van der Waals surface area (Å²) in [5.41, 5.74) is 2.29. The van der Waals surface area contributed by atoms with E-state index in [0.717, 1.165) is 33.6 Å². The first-order valence-electron chi connectivity index (χ1n) is 12.6. The molecule has 0 saturated carbocycles. The van der Waals surface area contributed by atoms with Gasteiger partial charge in [-0.15, -0.1) is 4.15 Å². The summed E-state index contributed by atoms with van der Waals surface area (Å²) in [5.74, 6) is 2.69. The van der Waals surface area contributed by atoms with Crippen molar-refractivity contribution in [2.45, 2.75) is 31.1 Å². The highest BCUT2D eigenvalue weighted by atomic mass is 79.9. The van der Waals surface area contributed by atoms with E-state index in [1.165, 1.54) is 12.1 Å². The summed E-state index contributed by atoms with van der Waals surface area (Å²) in [5, 5.41) is 11.2. The van der Waals surface area contributed by atoms with Crippen LogP contribution in [0.3, 0.4) is 0 Å². The molecule has 0 bridgehead atoms. The Kier molecular flexibility index (Phi) is 8.04. The molecule has 9 nitrogen and oxygen atoms in total. The summed E-state index contributed by atoms with van der Waals surface area (Å²) in [6.45, 7) is 5.88. The Balaban J connectivity index is 1.83. The number of fused-ring (bicyclic) bond motifs is 1. The number of anilines is 1. The highest BCUT2D eigenvalue weighted by molar-refractivity contribution is 9.11. The zero-order chi connectivity index (χ0) is 30.4. The number of halogens is 2. The number of para-hydroxylation sites is 1. The highest BCUT2D eigenvalue weighted by Crippen LogP contribution is 2.59. The second-order valence-corrected chi connectivity index (χ2v) is 16.2. The third kappa shape index (κ3) is 5.60. The predicted octanol–water partition coefficient (Wildman–Crippen LogP) is 8.50. The molecule has 5 rings (SSSR count). The lowest BCUT2D eigenvalue weighted by molar-refractivity contribution is -0.384. The van der Waals surface area contributed by atoms with Gasteiger partial charge in [0.2, 0.25) is 7.28 Å². The molecule has 0 aliphatic carbocycles. The average molecular weight is 735 g/mol. The third-order valence-corrected chi connectivity index (χ3v) is 12.7. The van der Waals surface area contributed by atoms with E-state index < -0.39 is 27.6 Å². The molecule has 0 N–H and O–H groups in total. The monoisotopic (exact) mass is 733 g/mol. The first-order valence-corrected chi connectivity index (χ1v) is 17.4. The number of aryl methyl sites for hydroxylation is 1. The van der Waals surface area contributed by atoms with Crippen molar-refractivity contribution >= 4 is 66.0 Å². The maximum absolute atomic E-state index is 14.0. The molecule has 218 valence electrons. The molecule has 3 aromatic carbocycles. The summed E-state index contributed by atoms with van der Waals surface area (Å²) in [4.78, 5) is 12.4. The van der Waals surface area contributed by atoms with E-state index in [9.17, 15) is 18.5 Å². The van der Waals surface area contributed by atoms with Crippen LogP contribution >= 0.6 is 39.1 Å². The Morgan fingerprint density at radius 1 is 1.05 bits per heavy atom. The fourth-order valence-electron chi connectivity index (χ4n) is 4.85. The number of allylic oxidation sites excluding steroid dienone is 1. The van der Waals surface area contributed by atoms with Gasteiger partial charge < -0.3 is 13.8 Å². The van der Waals surface area contributed by atoms with Gasteiger partial charge in [-0.05, 0) is 76.9 Å². The molecule has 1 aromatic heterocycles. The van der Waals surface area contributed by atoms with Gasteiger partial charge in [-0.2, -0.15) is 8.42 Å². The minimum Gasteiger partial charge on any atom is -0.456 e. The van der Waals surface area contributed by atoms with Crippen LogP contribution in [-0.4, -0.2) is 20.4 Å². The number of nitro groups is 1.